The molecule has 0 unspecified atom stereocenters. The molecular formula is C15H19FN2S2. The Kier molecular flexibility index (Phi) is 5.57. The number of halogens is 1. The highest BCUT2D eigenvalue weighted by molar-refractivity contribution is 8.01. The van der Waals surface area contributed by atoms with Crippen LogP contribution in [-0.2, 0) is 6.54 Å². The van der Waals surface area contributed by atoms with E-state index < -0.39 is 0 Å². The van der Waals surface area contributed by atoms with Gasteiger partial charge in [-0.05, 0) is 31.0 Å². The summed E-state index contributed by atoms with van der Waals surface area (Å²) in [6.45, 7) is 7.88. The van der Waals surface area contributed by atoms with E-state index in [9.17, 15) is 4.39 Å². The van der Waals surface area contributed by atoms with Gasteiger partial charge < -0.3 is 5.32 Å². The zero-order chi connectivity index (χ0) is 14.5. The third-order valence-corrected chi connectivity index (χ3v) is 4.92. The molecule has 0 aliphatic rings. The van der Waals surface area contributed by atoms with Gasteiger partial charge in [-0.3, -0.25) is 0 Å². The van der Waals surface area contributed by atoms with Gasteiger partial charge >= 0.3 is 0 Å². The maximum atomic E-state index is 14.1. The second kappa shape index (κ2) is 7.20. The van der Waals surface area contributed by atoms with E-state index in [1.54, 1.807) is 17.4 Å². The van der Waals surface area contributed by atoms with Gasteiger partial charge in [-0.1, -0.05) is 37.7 Å². The molecule has 1 N–H and O–H groups in total. The number of thiazole rings is 1. The van der Waals surface area contributed by atoms with Gasteiger partial charge in [0.1, 0.15) is 5.82 Å². The fourth-order valence-electron chi connectivity index (χ4n) is 1.77. The van der Waals surface area contributed by atoms with Gasteiger partial charge in [0.25, 0.3) is 0 Å². The zero-order valence-electron chi connectivity index (χ0n) is 11.9. The number of hydrogen-bond donors (Lipinski definition) is 1. The van der Waals surface area contributed by atoms with E-state index in [2.05, 4.69) is 24.1 Å². The fraction of sp³-hybridized carbons (Fsp3) is 0.400. The van der Waals surface area contributed by atoms with Gasteiger partial charge in [0.15, 0.2) is 4.34 Å². The van der Waals surface area contributed by atoms with Crippen LogP contribution in [0.1, 0.15) is 25.1 Å². The smallest absolute Gasteiger partial charge is 0.155 e. The maximum absolute atomic E-state index is 14.1. The number of aryl methyl sites for hydroxylation is 1. The first-order chi connectivity index (χ1) is 9.56. The molecule has 5 heteroatoms. The Morgan fingerprint density at radius 1 is 1.40 bits per heavy atom. The van der Waals surface area contributed by atoms with E-state index in [0.717, 1.165) is 22.1 Å². The molecule has 0 atom stereocenters. The Morgan fingerprint density at radius 2 is 2.20 bits per heavy atom. The van der Waals surface area contributed by atoms with Crippen molar-refractivity contribution in [2.75, 3.05) is 6.54 Å². The second-order valence-corrected chi connectivity index (χ2v) is 7.23. The van der Waals surface area contributed by atoms with Crippen LogP contribution in [0.5, 0.6) is 0 Å². The van der Waals surface area contributed by atoms with Crippen molar-refractivity contribution in [3.8, 4) is 0 Å². The number of nitrogens with one attached hydrogen (secondary N) is 1. The minimum atomic E-state index is -0.174. The Morgan fingerprint density at radius 3 is 2.85 bits per heavy atom. The van der Waals surface area contributed by atoms with Gasteiger partial charge in [-0.25, -0.2) is 9.37 Å². The van der Waals surface area contributed by atoms with Gasteiger partial charge in [0.05, 0.1) is 4.90 Å². The van der Waals surface area contributed by atoms with Crippen molar-refractivity contribution in [1.82, 2.24) is 10.3 Å². The lowest BCUT2D eigenvalue weighted by Gasteiger charge is -2.11. The summed E-state index contributed by atoms with van der Waals surface area (Å²) in [4.78, 5) is 5.07. The molecule has 0 saturated heterocycles. The number of nitrogens with zero attached hydrogens (tertiary/aromatic N) is 1. The summed E-state index contributed by atoms with van der Waals surface area (Å²) in [5.74, 6) is 0.410. The summed E-state index contributed by atoms with van der Waals surface area (Å²) < 4.78 is 14.9. The molecule has 2 aromatic rings. The van der Waals surface area contributed by atoms with E-state index >= 15 is 0 Å². The first kappa shape index (κ1) is 15.5. The average Bonchev–Trinajstić information content (AvgIpc) is 2.78. The van der Waals surface area contributed by atoms with E-state index in [0.29, 0.717) is 17.4 Å². The summed E-state index contributed by atoms with van der Waals surface area (Å²) in [5, 5.41) is 5.35. The lowest BCUT2D eigenvalue weighted by molar-refractivity contribution is 0.543. The molecule has 20 heavy (non-hydrogen) atoms. The van der Waals surface area contributed by atoms with Gasteiger partial charge in [-0.15, -0.1) is 11.3 Å². The van der Waals surface area contributed by atoms with Crippen molar-refractivity contribution in [3.05, 3.63) is 40.7 Å². The molecular weight excluding hydrogens is 291 g/mol. The minimum Gasteiger partial charge on any atom is -0.312 e. The molecule has 1 aromatic heterocycles. The Bertz CT molecular complexity index is 567. The molecule has 0 spiro atoms. The van der Waals surface area contributed by atoms with E-state index in [4.69, 9.17) is 0 Å². The highest BCUT2D eigenvalue weighted by Crippen LogP contribution is 2.34. The van der Waals surface area contributed by atoms with E-state index in [-0.39, 0.29) is 5.82 Å². The van der Waals surface area contributed by atoms with Crippen LogP contribution in [0.4, 0.5) is 4.39 Å². The Labute approximate surface area is 127 Å². The van der Waals surface area contributed by atoms with Crippen molar-refractivity contribution >= 4 is 23.1 Å². The Hall–Kier alpha value is -0.910. The lowest BCUT2D eigenvalue weighted by atomic mass is 10.2. The van der Waals surface area contributed by atoms with Crippen LogP contribution in [-0.4, -0.2) is 11.5 Å². The van der Waals surface area contributed by atoms with Gasteiger partial charge in [0.2, 0.25) is 0 Å². The molecule has 1 aromatic carbocycles. The quantitative estimate of drug-likeness (QED) is 0.851. The first-order valence-corrected chi connectivity index (χ1v) is 8.34. The van der Waals surface area contributed by atoms with Crippen LogP contribution >= 0.6 is 23.1 Å². The maximum Gasteiger partial charge on any atom is 0.155 e. The SMILES string of the molecule is Cc1csc(Sc2c(F)cccc2CNCC(C)C)n1. The minimum absolute atomic E-state index is 0.174. The van der Waals surface area contributed by atoms with E-state index in [1.807, 2.05) is 18.4 Å². The topological polar surface area (TPSA) is 24.9 Å². The van der Waals surface area contributed by atoms with E-state index in [1.165, 1.54) is 17.8 Å². The van der Waals surface area contributed by atoms with Crippen molar-refractivity contribution < 1.29 is 4.39 Å². The van der Waals surface area contributed by atoms with Crippen LogP contribution in [0.2, 0.25) is 0 Å². The molecule has 108 valence electrons. The normalized spacial score (nSPS) is 11.2. The third-order valence-electron chi connectivity index (χ3n) is 2.70. The fourth-order valence-corrected chi connectivity index (χ4v) is 3.68. The zero-order valence-corrected chi connectivity index (χ0v) is 13.6. The summed E-state index contributed by atoms with van der Waals surface area (Å²) in [7, 11) is 0. The van der Waals surface area contributed by atoms with Crippen LogP contribution in [0.25, 0.3) is 0 Å². The largest absolute Gasteiger partial charge is 0.312 e. The van der Waals surface area contributed by atoms with Crippen molar-refractivity contribution in [3.63, 3.8) is 0 Å². The molecule has 2 rings (SSSR count). The van der Waals surface area contributed by atoms with Crippen LogP contribution in [0, 0.1) is 18.7 Å². The number of benzene rings is 1. The summed E-state index contributed by atoms with van der Waals surface area (Å²) >= 11 is 2.97. The molecule has 0 saturated carbocycles. The number of rotatable bonds is 6. The first-order valence-electron chi connectivity index (χ1n) is 6.64. The standard InChI is InChI=1S/C15H19FN2S2/c1-10(2)7-17-8-12-5-4-6-13(16)14(12)20-15-18-11(3)9-19-15/h4-6,9-10,17H,7-8H2,1-3H3. The van der Waals surface area contributed by atoms with Crippen LogP contribution < -0.4 is 5.32 Å². The lowest BCUT2D eigenvalue weighted by Crippen LogP contribution is -2.19. The molecule has 1 heterocycles. The van der Waals surface area contributed by atoms with Gasteiger partial charge in [0, 0.05) is 17.6 Å². The molecule has 0 fully saturated rings. The van der Waals surface area contributed by atoms with Crippen molar-refractivity contribution in [2.45, 2.75) is 36.6 Å². The molecule has 0 aliphatic heterocycles. The van der Waals surface area contributed by atoms with Crippen molar-refractivity contribution in [2.24, 2.45) is 5.92 Å². The van der Waals surface area contributed by atoms with Gasteiger partial charge in [-0.2, -0.15) is 0 Å². The Balaban J connectivity index is 2.13. The van der Waals surface area contributed by atoms with Crippen molar-refractivity contribution in [1.29, 1.82) is 0 Å². The molecule has 0 aliphatic carbocycles. The molecule has 0 amide bonds. The predicted octanol–water partition coefficient (Wildman–Crippen LogP) is 4.49. The molecule has 2 nitrogen and oxygen atoms in total. The van der Waals surface area contributed by atoms with Crippen LogP contribution in [0.3, 0.4) is 0 Å². The summed E-state index contributed by atoms with van der Waals surface area (Å²) in [5.41, 5.74) is 1.97. The number of aromatic nitrogens is 1. The highest BCUT2D eigenvalue weighted by atomic mass is 32.2. The van der Waals surface area contributed by atoms with Crippen LogP contribution in [0.15, 0.2) is 32.8 Å². The predicted molar refractivity (Wildman–Crippen MR) is 83.9 cm³/mol. The highest BCUT2D eigenvalue weighted by Gasteiger charge is 2.12. The third kappa shape index (κ3) is 4.30. The molecule has 0 bridgehead atoms. The average molecular weight is 310 g/mol. The second-order valence-electron chi connectivity index (χ2n) is 5.11. The summed E-state index contributed by atoms with van der Waals surface area (Å²) in [6, 6.07) is 5.24. The molecule has 0 radical (unpaired) electrons. The number of hydrogen-bond acceptors (Lipinski definition) is 4. The summed E-state index contributed by atoms with van der Waals surface area (Å²) in [6.07, 6.45) is 0. The monoisotopic (exact) mass is 310 g/mol.